The maximum absolute atomic E-state index is 7.93. The predicted molar refractivity (Wildman–Crippen MR) is 188 cm³/mol. The molecule has 0 saturated carbocycles. The molecule has 3 heterocycles. The summed E-state index contributed by atoms with van der Waals surface area (Å²) in [5.41, 5.74) is 5.41. The fraction of sp³-hybridized carbons (Fsp3) is 0.128. The molecule has 0 fully saturated rings. The Bertz CT molecular complexity index is 2230. The third-order valence-electron chi connectivity index (χ3n) is 7.31. The monoisotopic (exact) mass is 835 g/mol. The van der Waals surface area contributed by atoms with E-state index in [-0.39, 0.29) is 25.7 Å². The van der Waals surface area contributed by atoms with Gasteiger partial charge in [0.15, 0.2) is 0 Å². The number of hydrogen-bond acceptors (Lipinski definition) is 3. The molecule has 0 aliphatic rings. The number of rotatable bonds is 4. The van der Waals surface area contributed by atoms with Crippen molar-refractivity contribution in [1.29, 1.82) is 0 Å². The van der Waals surface area contributed by atoms with E-state index in [1.807, 2.05) is 79.0 Å². The van der Waals surface area contributed by atoms with E-state index in [9.17, 15) is 0 Å². The normalized spacial score (nSPS) is 13.7. The van der Waals surface area contributed by atoms with Gasteiger partial charge in [-0.1, -0.05) is 67.0 Å². The summed E-state index contributed by atoms with van der Waals surface area (Å²) in [6.07, 6.45) is 3.79. The summed E-state index contributed by atoms with van der Waals surface area (Å²) in [6, 6.07) is 38.6. The van der Waals surface area contributed by atoms with Gasteiger partial charge >= 0.3 is 99.8 Å². The maximum atomic E-state index is 7.93. The van der Waals surface area contributed by atoms with Gasteiger partial charge in [0.2, 0.25) is 0 Å². The molecule has 0 N–H and O–H groups in total. The number of fused-ring (bicyclic) bond motifs is 3. The van der Waals surface area contributed by atoms with E-state index < -0.39 is 27.0 Å². The summed E-state index contributed by atoms with van der Waals surface area (Å²) in [6.45, 7) is -4.46. The van der Waals surface area contributed by atoms with Gasteiger partial charge in [0.1, 0.15) is 0 Å². The predicted octanol–water partition coefficient (Wildman–Crippen LogP) is 10.3. The van der Waals surface area contributed by atoms with E-state index in [1.54, 1.807) is 18.3 Å². The van der Waals surface area contributed by atoms with Crippen molar-refractivity contribution in [2.45, 2.75) is 31.0 Å². The molecular weight excluding hydrogens is 793 g/mol. The van der Waals surface area contributed by atoms with Crippen molar-refractivity contribution < 1.29 is 28.3 Å². The van der Waals surface area contributed by atoms with Crippen molar-refractivity contribution >= 4 is 49.2 Å². The van der Waals surface area contributed by atoms with Crippen LogP contribution in [0.4, 0.5) is 0 Å². The second kappa shape index (κ2) is 13.7. The Kier molecular flexibility index (Phi) is 7.74. The number of nitrogens with zero attached hydrogens (tertiary/aromatic N) is 2. The molecule has 7 aromatic rings. The van der Waals surface area contributed by atoms with E-state index in [0.717, 1.165) is 37.0 Å². The quantitative estimate of drug-likeness (QED) is 0.130. The van der Waals surface area contributed by atoms with E-state index in [4.69, 9.17) is 8.22 Å². The molecule has 2 nitrogen and oxygen atoms in total. The van der Waals surface area contributed by atoms with Crippen LogP contribution in [0.1, 0.15) is 19.4 Å². The van der Waals surface area contributed by atoms with E-state index >= 15 is 0 Å². The Hall–Kier alpha value is -3.41. The Morgan fingerprint density at radius 1 is 0.705 bits per heavy atom. The van der Waals surface area contributed by atoms with Crippen LogP contribution in [0, 0.1) is 25.8 Å². The van der Waals surface area contributed by atoms with Gasteiger partial charge in [-0.15, -0.1) is 40.7 Å². The first-order chi connectivity index (χ1) is 23.2. The van der Waals surface area contributed by atoms with Crippen molar-refractivity contribution in [2.75, 3.05) is 0 Å². The van der Waals surface area contributed by atoms with Gasteiger partial charge in [-0.25, -0.2) is 0 Å². The maximum Gasteiger partial charge on any atom is 0 e. The SMILES string of the molecule is [2H]C([2H])([2H])c1c[c-]c(-c2cc3sc4c(C([2H])([2H])[2H])cccc4c3cn2)cc1-c1ccccc1.[CH3][Ge]([CH3])([CH3])[c]1ccc(-c2[c-]cccc2)nc1.[Ir]. The van der Waals surface area contributed by atoms with Gasteiger partial charge in [0.25, 0.3) is 0 Å². The zero-order valence-electron chi connectivity index (χ0n) is 30.6. The van der Waals surface area contributed by atoms with Crippen molar-refractivity contribution in [2.24, 2.45) is 0 Å². The van der Waals surface area contributed by atoms with Gasteiger partial charge in [0, 0.05) is 54.7 Å². The molecule has 0 spiro atoms. The fourth-order valence-corrected chi connectivity index (χ4v) is 8.19. The van der Waals surface area contributed by atoms with Crippen LogP contribution in [0.25, 0.3) is 53.8 Å². The minimum Gasteiger partial charge on any atom is 0 e. The smallest absolute Gasteiger partial charge is 0 e. The molecule has 44 heavy (non-hydrogen) atoms. The molecule has 0 aliphatic heterocycles. The molecule has 3 aromatic heterocycles. The Labute approximate surface area is 289 Å². The van der Waals surface area contributed by atoms with Gasteiger partial charge in [-0.2, -0.15) is 0 Å². The zero-order chi connectivity index (χ0) is 35.0. The summed E-state index contributed by atoms with van der Waals surface area (Å²) in [7, 11) is 0. The Balaban J connectivity index is 0.000000241. The van der Waals surface area contributed by atoms with Crippen molar-refractivity contribution in [3.8, 4) is 33.6 Å². The molecule has 5 heteroatoms. The van der Waals surface area contributed by atoms with E-state index in [0.29, 0.717) is 22.4 Å². The second-order valence-corrected chi connectivity index (χ2v) is 23.1. The van der Waals surface area contributed by atoms with E-state index in [1.165, 1.54) is 21.8 Å². The first-order valence-corrected chi connectivity index (χ1v) is 22.2. The third kappa shape index (κ3) is 6.95. The topological polar surface area (TPSA) is 25.8 Å². The summed E-state index contributed by atoms with van der Waals surface area (Å²) in [5.74, 6) is 7.14. The third-order valence-corrected chi connectivity index (χ3v) is 12.8. The zero-order valence-corrected chi connectivity index (χ0v) is 29.9. The van der Waals surface area contributed by atoms with Crippen LogP contribution in [0.15, 0.2) is 116 Å². The van der Waals surface area contributed by atoms with Crippen LogP contribution < -0.4 is 4.40 Å². The summed E-state index contributed by atoms with van der Waals surface area (Å²) < 4.78 is 50.5. The average molecular weight is 834 g/mol. The van der Waals surface area contributed by atoms with Crippen LogP contribution in [0.3, 0.4) is 0 Å². The van der Waals surface area contributed by atoms with Crippen molar-refractivity contribution in [3.63, 3.8) is 0 Å². The van der Waals surface area contributed by atoms with Crippen LogP contribution in [-0.4, -0.2) is 23.2 Å². The summed E-state index contributed by atoms with van der Waals surface area (Å²) in [5, 5.41) is 1.77. The van der Waals surface area contributed by atoms with Crippen LogP contribution >= 0.6 is 11.3 Å². The molecule has 0 amide bonds. The Morgan fingerprint density at radius 3 is 2.20 bits per heavy atom. The average Bonchev–Trinajstić information content (AvgIpc) is 3.46. The molecule has 0 bridgehead atoms. The van der Waals surface area contributed by atoms with E-state index in [2.05, 4.69) is 51.5 Å². The van der Waals surface area contributed by atoms with Crippen LogP contribution in [0.5, 0.6) is 0 Å². The van der Waals surface area contributed by atoms with Gasteiger partial charge in [-0.05, 0) is 23.7 Å². The van der Waals surface area contributed by atoms with Crippen molar-refractivity contribution in [3.05, 3.63) is 139 Å². The minimum absolute atomic E-state index is 0. The first kappa shape index (κ1) is 24.9. The van der Waals surface area contributed by atoms with Crippen molar-refractivity contribution in [1.82, 2.24) is 9.97 Å². The minimum atomic E-state index is -2.27. The molecule has 7 rings (SSSR count). The molecule has 0 unspecified atom stereocenters. The second-order valence-electron chi connectivity index (χ2n) is 11.3. The van der Waals surface area contributed by atoms with Crippen LogP contribution in [-0.2, 0) is 20.1 Å². The number of hydrogen-bond donors (Lipinski definition) is 0. The van der Waals surface area contributed by atoms with Gasteiger partial charge in [-0.3, -0.25) is 0 Å². The number of thiophene rings is 1. The fourth-order valence-electron chi connectivity index (χ4n) is 4.89. The summed E-state index contributed by atoms with van der Waals surface area (Å²) in [4.78, 5) is 9.14. The number of pyridine rings is 2. The number of aryl methyl sites for hydroxylation is 2. The molecule has 0 saturated heterocycles. The largest absolute Gasteiger partial charge is 0 e. The molecule has 1 radical (unpaired) electrons. The van der Waals surface area contributed by atoms with Gasteiger partial charge < -0.3 is 4.98 Å². The molecular formula is C39H34GeIrN2S-2. The Morgan fingerprint density at radius 2 is 1.50 bits per heavy atom. The molecule has 4 aromatic carbocycles. The van der Waals surface area contributed by atoms with Gasteiger partial charge in [0.05, 0.1) is 0 Å². The number of aromatic nitrogens is 2. The molecule has 221 valence electrons. The first-order valence-electron chi connectivity index (χ1n) is 17.1. The van der Waals surface area contributed by atoms with Crippen LogP contribution in [0.2, 0.25) is 17.3 Å². The summed E-state index contributed by atoms with van der Waals surface area (Å²) >= 11 is -0.288. The molecule has 0 atom stereocenters. The molecule has 0 aliphatic carbocycles. The standard InChI is InChI=1S/C25H18NS.C14H16GeN.Ir/c1-16-11-12-19(13-21(16)18-8-4-3-5-9-18)23-14-24-22(15-26-23)20-10-6-7-17(2)25(20)27-24;1-15(2,3)13-9-10-14(16-11-13)12-7-5-4-6-8-12;/h3-11,13-15H,1-2H3;4-7,9-11H,1-3H3;/q2*-1;/i1D3,2D3;;. The number of benzene rings is 4.